The predicted molar refractivity (Wildman–Crippen MR) is 265 cm³/mol. The first kappa shape index (κ1) is 36.2. The molecule has 0 saturated carbocycles. The molecule has 1 atom stereocenters. The Morgan fingerprint density at radius 3 is 1.63 bits per heavy atom. The summed E-state index contributed by atoms with van der Waals surface area (Å²) in [5.41, 5.74) is 20.9. The summed E-state index contributed by atoms with van der Waals surface area (Å²) in [5, 5.41) is 1.33. The third-order valence-electron chi connectivity index (χ3n) is 14.0. The van der Waals surface area contributed by atoms with E-state index in [-0.39, 0.29) is 5.41 Å². The third-order valence-corrected chi connectivity index (χ3v) is 15.2. The van der Waals surface area contributed by atoms with E-state index in [1.165, 1.54) is 81.8 Å². The minimum atomic E-state index is -0.529. The van der Waals surface area contributed by atoms with E-state index in [2.05, 4.69) is 242 Å². The Balaban J connectivity index is 1.08. The molecule has 2 nitrogen and oxygen atoms in total. The van der Waals surface area contributed by atoms with Crippen molar-refractivity contribution in [1.29, 1.82) is 0 Å². The zero-order valence-corrected chi connectivity index (χ0v) is 35.9. The van der Waals surface area contributed by atoms with Gasteiger partial charge in [-0.1, -0.05) is 159 Å². The molecule has 0 bridgehead atoms. The van der Waals surface area contributed by atoms with E-state index in [1.807, 2.05) is 11.3 Å². The molecule has 1 unspecified atom stereocenters. The molecule has 3 heteroatoms. The molecule has 298 valence electrons. The van der Waals surface area contributed by atoms with Gasteiger partial charge in [0.2, 0.25) is 0 Å². The minimum Gasteiger partial charge on any atom is -0.310 e. The normalized spacial score (nSPS) is 15.7. The van der Waals surface area contributed by atoms with Gasteiger partial charge in [0, 0.05) is 49.0 Å². The van der Waals surface area contributed by atoms with Crippen LogP contribution < -0.4 is 9.80 Å². The molecule has 1 heterocycles. The highest BCUT2D eigenvalue weighted by Crippen LogP contribution is 2.68. The number of para-hydroxylation sites is 3. The van der Waals surface area contributed by atoms with Crippen LogP contribution in [0.15, 0.2) is 218 Å². The van der Waals surface area contributed by atoms with Crippen molar-refractivity contribution in [2.24, 2.45) is 0 Å². The summed E-state index contributed by atoms with van der Waals surface area (Å²) in [6, 6.07) is 81.2. The molecule has 0 N–H and O–H groups in total. The van der Waals surface area contributed by atoms with Gasteiger partial charge in [-0.2, -0.15) is 0 Å². The van der Waals surface area contributed by atoms with Crippen LogP contribution in [0.3, 0.4) is 0 Å². The average Bonchev–Trinajstić information content (AvgIpc) is 4.02. The van der Waals surface area contributed by atoms with Gasteiger partial charge in [-0.25, -0.2) is 0 Å². The molecule has 0 radical (unpaired) electrons. The number of rotatable bonds is 6. The van der Waals surface area contributed by atoms with E-state index < -0.39 is 5.41 Å². The van der Waals surface area contributed by atoms with Gasteiger partial charge in [0.1, 0.15) is 0 Å². The van der Waals surface area contributed by atoms with Crippen molar-refractivity contribution in [3.05, 3.63) is 252 Å². The second kappa shape index (κ2) is 13.5. The second-order valence-electron chi connectivity index (χ2n) is 17.6. The van der Waals surface area contributed by atoms with Crippen LogP contribution in [0.4, 0.5) is 34.1 Å². The van der Waals surface area contributed by atoms with Gasteiger partial charge in [0.15, 0.2) is 0 Å². The molecule has 0 amide bonds. The Labute approximate surface area is 372 Å². The summed E-state index contributed by atoms with van der Waals surface area (Å²) in [5.74, 6) is 0. The van der Waals surface area contributed by atoms with Gasteiger partial charge in [-0.3, -0.25) is 0 Å². The van der Waals surface area contributed by atoms with Gasteiger partial charge < -0.3 is 9.80 Å². The molecule has 10 aromatic rings. The molecule has 63 heavy (non-hydrogen) atoms. The van der Waals surface area contributed by atoms with Crippen LogP contribution in [0, 0.1) is 0 Å². The van der Waals surface area contributed by atoms with E-state index in [0.29, 0.717) is 0 Å². The maximum atomic E-state index is 2.51. The first-order valence-electron chi connectivity index (χ1n) is 21.9. The maximum Gasteiger partial charge on any atom is 0.0740 e. The topological polar surface area (TPSA) is 6.48 Å². The van der Waals surface area contributed by atoms with Gasteiger partial charge in [-0.15, -0.1) is 11.3 Å². The molecule has 0 saturated heterocycles. The Bertz CT molecular complexity index is 3400. The van der Waals surface area contributed by atoms with Crippen LogP contribution in [0.25, 0.3) is 42.8 Å². The number of hydrogen-bond acceptors (Lipinski definition) is 3. The molecule has 3 aliphatic carbocycles. The largest absolute Gasteiger partial charge is 0.310 e. The minimum absolute atomic E-state index is 0.126. The molecule has 1 aromatic heterocycles. The van der Waals surface area contributed by atoms with E-state index in [0.717, 1.165) is 28.4 Å². The average molecular weight is 823 g/mol. The van der Waals surface area contributed by atoms with Gasteiger partial charge >= 0.3 is 0 Å². The fourth-order valence-corrected chi connectivity index (χ4v) is 12.7. The summed E-state index contributed by atoms with van der Waals surface area (Å²) >= 11 is 1.93. The van der Waals surface area contributed by atoms with E-state index >= 15 is 0 Å². The molecule has 9 aromatic carbocycles. The standard InChI is InChI=1S/C60H42N2S/c1-59(2)49-28-15-12-25-44(49)45-35-33-43(38-53(45)59)62(41-23-10-5-11-24-41)54-31-18-30-52-56(54)46-26-13-16-29-50(46)60(52)51-36-34-42(37-48(51)58-57(60)47-27-14-17-32-55(47)63-58)61(39-19-6-3-7-20-39)40-21-8-4-9-22-40/h3-38H,1-2H3. The van der Waals surface area contributed by atoms with E-state index in [4.69, 9.17) is 0 Å². The fraction of sp³-hybridized carbons (Fsp3) is 0.0667. The van der Waals surface area contributed by atoms with Crippen molar-refractivity contribution in [2.75, 3.05) is 9.80 Å². The van der Waals surface area contributed by atoms with Crippen molar-refractivity contribution in [2.45, 2.75) is 24.7 Å². The zero-order chi connectivity index (χ0) is 41.9. The summed E-state index contributed by atoms with van der Waals surface area (Å²) in [6.07, 6.45) is 0. The highest BCUT2D eigenvalue weighted by molar-refractivity contribution is 7.22. The van der Waals surface area contributed by atoms with Crippen molar-refractivity contribution >= 4 is 55.5 Å². The lowest BCUT2D eigenvalue weighted by atomic mass is 9.70. The quantitative estimate of drug-likeness (QED) is 0.165. The number of anilines is 6. The SMILES string of the molecule is CC1(C)c2ccccc2-c2ccc(N(c3ccccc3)c3cccc4c3-c3ccccc3C43c4ccc(N(c5ccccc5)c5ccccc5)cc4-c4sc5ccccc5c43)cc21. The van der Waals surface area contributed by atoms with Crippen molar-refractivity contribution < 1.29 is 0 Å². The van der Waals surface area contributed by atoms with Gasteiger partial charge in [-0.05, 0) is 134 Å². The summed E-state index contributed by atoms with van der Waals surface area (Å²) in [6.45, 7) is 4.75. The fourth-order valence-electron chi connectivity index (χ4n) is 11.4. The number of hydrogen-bond donors (Lipinski definition) is 0. The van der Waals surface area contributed by atoms with Crippen LogP contribution in [0.5, 0.6) is 0 Å². The Morgan fingerprint density at radius 2 is 0.905 bits per heavy atom. The predicted octanol–water partition coefficient (Wildman–Crippen LogP) is 16.5. The second-order valence-corrected chi connectivity index (χ2v) is 18.7. The van der Waals surface area contributed by atoms with Crippen molar-refractivity contribution in [3.63, 3.8) is 0 Å². The van der Waals surface area contributed by atoms with Crippen molar-refractivity contribution in [3.8, 4) is 32.7 Å². The lowest BCUT2D eigenvalue weighted by Gasteiger charge is -2.32. The van der Waals surface area contributed by atoms with Crippen LogP contribution in [0.2, 0.25) is 0 Å². The highest BCUT2D eigenvalue weighted by Gasteiger charge is 2.54. The van der Waals surface area contributed by atoms with E-state index in [1.54, 1.807) is 0 Å². The Morgan fingerprint density at radius 1 is 0.365 bits per heavy atom. The molecular weight excluding hydrogens is 781 g/mol. The van der Waals surface area contributed by atoms with Crippen LogP contribution in [-0.4, -0.2) is 0 Å². The molecular formula is C60H42N2S. The number of fused-ring (bicyclic) bond motifs is 15. The van der Waals surface area contributed by atoms with Gasteiger partial charge in [0.25, 0.3) is 0 Å². The summed E-state index contributed by atoms with van der Waals surface area (Å²) < 4.78 is 1.32. The maximum absolute atomic E-state index is 2.51. The van der Waals surface area contributed by atoms with Crippen LogP contribution >= 0.6 is 11.3 Å². The third kappa shape index (κ3) is 5.00. The molecule has 3 aliphatic rings. The van der Waals surface area contributed by atoms with E-state index in [9.17, 15) is 0 Å². The van der Waals surface area contributed by atoms with Crippen LogP contribution in [0.1, 0.15) is 47.2 Å². The Kier molecular flexibility index (Phi) is 7.77. The first-order chi connectivity index (χ1) is 31.0. The van der Waals surface area contributed by atoms with Crippen molar-refractivity contribution in [1.82, 2.24) is 0 Å². The highest BCUT2D eigenvalue weighted by atomic mass is 32.1. The van der Waals surface area contributed by atoms with Gasteiger partial charge in [0.05, 0.1) is 11.1 Å². The number of benzene rings is 9. The molecule has 0 aliphatic heterocycles. The lowest BCUT2D eigenvalue weighted by Crippen LogP contribution is -2.26. The molecule has 13 rings (SSSR count). The molecule has 1 spiro atoms. The molecule has 0 fully saturated rings. The van der Waals surface area contributed by atoms with Crippen LogP contribution in [-0.2, 0) is 10.8 Å². The zero-order valence-electron chi connectivity index (χ0n) is 35.1. The monoisotopic (exact) mass is 822 g/mol. The Hall–Kier alpha value is -7.46. The summed E-state index contributed by atoms with van der Waals surface area (Å²) in [4.78, 5) is 6.25. The smallest absolute Gasteiger partial charge is 0.0740 e. The summed E-state index contributed by atoms with van der Waals surface area (Å²) in [7, 11) is 0. The number of thiophene rings is 1. The number of nitrogens with zero attached hydrogens (tertiary/aromatic N) is 2. The first-order valence-corrected chi connectivity index (χ1v) is 22.8. The lowest BCUT2D eigenvalue weighted by molar-refractivity contribution is 0.660.